The molecule has 0 radical (unpaired) electrons. The number of nitrogens with zero attached hydrogens (tertiary/aromatic N) is 1. The van der Waals surface area contributed by atoms with Crippen LogP contribution in [0.3, 0.4) is 0 Å². The van der Waals surface area contributed by atoms with Gasteiger partial charge in [0.15, 0.2) is 6.10 Å². The van der Waals surface area contributed by atoms with Crippen LogP contribution in [-0.2, 0) is 23.8 Å². The molecule has 1 rings (SSSR count). The lowest BCUT2D eigenvalue weighted by atomic mass is 10.1. The summed E-state index contributed by atoms with van der Waals surface area (Å²) >= 11 is 5.44. The zero-order valence-corrected chi connectivity index (χ0v) is 36.1. The molecule has 0 amide bonds. The number of thiocarbonyl (C=S) groups is 1. The second kappa shape index (κ2) is 39.3. The Bertz CT molecular complexity index is 880. The summed E-state index contributed by atoms with van der Waals surface area (Å²) in [6.45, 7) is 8.40. The molecule has 8 heteroatoms. The molecule has 0 aromatic heterocycles. The molecule has 1 aliphatic rings. The summed E-state index contributed by atoms with van der Waals surface area (Å²) in [4.78, 5) is 27.5. The average Bonchev–Trinajstić information content (AvgIpc) is 3.69. The monoisotopic (exact) mass is 777 g/mol. The minimum Gasteiger partial charge on any atom is -0.462 e. The fourth-order valence-corrected chi connectivity index (χ4v) is 7.07. The predicted molar refractivity (Wildman–Crippen MR) is 232 cm³/mol. The molecule has 0 atom stereocenters. The van der Waals surface area contributed by atoms with E-state index in [1.54, 1.807) is 0 Å². The number of rotatable bonds is 38. The van der Waals surface area contributed by atoms with Gasteiger partial charge < -0.3 is 24.4 Å². The maximum atomic E-state index is 12.5. The first-order chi connectivity index (χ1) is 26.5. The molecule has 7 nitrogen and oxygen atoms in total. The van der Waals surface area contributed by atoms with Crippen LogP contribution < -0.4 is 5.32 Å². The number of allylic oxidation sites excluding steroid dienone is 4. The zero-order chi connectivity index (χ0) is 39.0. The standard InChI is InChI=1S/C46H84N2O5S/c1-3-5-7-9-11-13-15-17-19-21-23-25-27-29-31-35-44(49)51-41-43(53-46(54)47-37-40-48-38-33-34-39-48)42-52-45(50)36-32-30-28-26-24-22-20-18-16-14-12-10-8-6-4-2/h17-20,43H,3-16,21-42H2,1-2H3,(H,47,54)/b19-17-,20-18-. The largest absolute Gasteiger partial charge is 0.462 e. The highest BCUT2D eigenvalue weighted by atomic mass is 32.1. The van der Waals surface area contributed by atoms with Gasteiger partial charge in [-0.05, 0) is 102 Å². The molecule has 54 heavy (non-hydrogen) atoms. The molecule has 1 heterocycles. The molecule has 0 aromatic carbocycles. The molecule has 314 valence electrons. The summed E-state index contributed by atoms with van der Waals surface area (Å²) in [5.74, 6) is -0.484. The second-order valence-corrected chi connectivity index (χ2v) is 15.9. The van der Waals surface area contributed by atoms with Crippen LogP contribution in [-0.4, -0.2) is 67.5 Å². The van der Waals surface area contributed by atoms with E-state index in [0.29, 0.717) is 19.4 Å². The first-order valence-electron chi connectivity index (χ1n) is 22.8. The number of esters is 2. The van der Waals surface area contributed by atoms with Gasteiger partial charge in [-0.2, -0.15) is 0 Å². The topological polar surface area (TPSA) is 77.1 Å². The molecule has 0 saturated carbocycles. The summed E-state index contributed by atoms with van der Waals surface area (Å²) in [6.07, 6.45) is 43.7. The minimum atomic E-state index is -0.632. The third kappa shape index (κ3) is 34.6. The lowest BCUT2D eigenvalue weighted by Crippen LogP contribution is -2.38. The van der Waals surface area contributed by atoms with E-state index >= 15 is 0 Å². The maximum absolute atomic E-state index is 12.5. The van der Waals surface area contributed by atoms with Crippen LogP contribution >= 0.6 is 12.2 Å². The van der Waals surface area contributed by atoms with Crippen LogP contribution in [0.4, 0.5) is 0 Å². The quantitative estimate of drug-likeness (QED) is 0.0287. The van der Waals surface area contributed by atoms with Crippen molar-refractivity contribution >= 4 is 29.3 Å². The van der Waals surface area contributed by atoms with Crippen LogP contribution in [0.5, 0.6) is 0 Å². The van der Waals surface area contributed by atoms with Crippen molar-refractivity contribution in [1.82, 2.24) is 10.2 Å². The Morgan fingerprint density at radius 1 is 0.574 bits per heavy atom. The molecule has 1 aliphatic heterocycles. The second-order valence-electron chi connectivity index (χ2n) is 15.5. The number of hydrogen-bond acceptors (Lipinski definition) is 7. The molecule has 0 bridgehead atoms. The van der Waals surface area contributed by atoms with Gasteiger partial charge in [-0.15, -0.1) is 0 Å². The number of likely N-dealkylation sites (tertiary alicyclic amines) is 1. The molecule has 0 aromatic rings. The Morgan fingerprint density at radius 3 is 1.35 bits per heavy atom. The summed E-state index contributed by atoms with van der Waals surface area (Å²) < 4.78 is 17.1. The molecule has 0 spiro atoms. The fraction of sp³-hybridized carbons (Fsp3) is 0.848. The number of hydrogen-bond donors (Lipinski definition) is 1. The van der Waals surface area contributed by atoms with E-state index in [-0.39, 0.29) is 30.3 Å². The van der Waals surface area contributed by atoms with Gasteiger partial charge in [0.1, 0.15) is 13.2 Å². The Balaban J connectivity index is 2.21. The van der Waals surface area contributed by atoms with Crippen molar-refractivity contribution in [2.75, 3.05) is 39.4 Å². The zero-order valence-electron chi connectivity index (χ0n) is 35.2. The van der Waals surface area contributed by atoms with E-state index in [9.17, 15) is 9.59 Å². The number of carbonyl (C=O) groups excluding carboxylic acids is 2. The van der Waals surface area contributed by atoms with E-state index in [2.05, 4.69) is 48.4 Å². The summed E-state index contributed by atoms with van der Waals surface area (Å²) in [7, 11) is 0. The number of carbonyl (C=O) groups is 2. The highest BCUT2D eigenvalue weighted by Gasteiger charge is 2.19. The average molecular weight is 777 g/mol. The van der Waals surface area contributed by atoms with E-state index in [0.717, 1.165) is 71.0 Å². The van der Waals surface area contributed by atoms with Crippen molar-refractivity contribution < 1.29 is 23.8 Å². The van der Waals surface area contributed by atoms with Crippen LogP contribution in [0.15, 0.2) is 24.3 Å². The van der Waals surface area contributed by atoms with Gasteiger partial charge in [0.25, 0.3) is 5.17 Å². The minimum absolute atomic E-state index is 0.0124. The Labute approximate surface area is 338 Å². The van der Waals surface area contributed by atoms with E-state index in [1.165, 1.54) is 128 Å². The summed E-state index contributed by atoms with van der Waals surface area (Å²) in [6, 6.07) is 0. The van der Waals surface area contributed by atoms with Crippen molar-refractivity contribution in [3.8, 4) is 0 Å². The van der Waals surface area contributed by atoms with Crippen molar-refractivity contribution in [1.29, 1.82) is 0 Å². The molecule has 1 fully saturated rings. The Kier molecular flexibility index (Phi) is 36.5. The van der Waals surface area contributed by atoms with Gasteiger partial charge in [0.05, 0.1) is 0 Å². The van der Waals surface area contributed by atoms with Crippen LogP contribution in [0.25, 0.3) is 0 Å². The normalized spacial score (nSPS) is 13.4. The smallest absolute Gasteiger partial charge is 0.305 e. The molecular formula is C46H84N2O5S. The third-order valence-electron chi connectivity index (χ3n) is 10.3. The van der Waals surface area contributed by atoms with Crippen LogP contribution in [0.2, 0.25) is 0 Å². The van der Waals surface area contributed by atoms with E-state index in [4.69, 9.17) is 26.4 Å². The summed E-state index contributed by atoms with van der Waals surface area (Å²) in [5, 5.41) is 3.41. The number of nitrogens with one attached hydrogen (secondary N) is 1. The van der Waals surface area contributed by atoms with Crippen molar-refractivity contribution in [2.45, 2.75) is 213 Å². The molecule has 1 saturated heterocycles. The highest BCUT2D eigenvalue weighted by Crippen LogP contribution is 2.13. The lowest BCUT2D eigenvalue weighted by Gasteiger charge is -2.21. The predicted octanol–water partition coefficient (Wildman–Crippen LogP) is 12.5. The van der Waals surface area contributed by atoms with Gasteiger partial charge in [-0.25, -0.2) is 0 Å². The number of ether oxygens (including phenoxy) is 3. The van der Waals surface area contributed by atoms with Gasteiger partial charge in [0.2, 0.25) is 0 Å². The van der Waals surface area contributed by atoms with Crippen molar-refractivity contribution in [2.24, 2.45) is 0 Å². The molecule has 0 unspecified atom stereocenters. The van der Waals surface area contributed by atoms with Crippen molar-refractivity contribution in [3.05, 3.63) is 24.3 Å². The van der Waals surface area contributed by atoms with Gasteiger partial charge >= 0.3 is 11.9 Å². The Morgan fingerprint density at radius 2 is 0.944 bits per heavy atom. The third-order valence-corrected chi connectivity index (χ3v) is 10.6. The Hall–Kier alpha value is -1.93. The van der Waals surface area contributed by atoms with E-state index in [1.807, 2.05) is 0 Å². The fourth-order valence-electron chi connectivity index (χ4n) is 6.83. The summed E-state index contributed by atoms with van der Waals surface area (Å²) in [5.41, 5.74) is 0. The molecular weight excluding hydrogens is 693 g/mol. The maximum Gasteiger partial charge on any atom is 0.305 e. The number of unbranched alkanes of at least 4 members (excludes halogenated alkanes) is 22. The lowest BCUT2D eigenvalue weighted by molar-refractivity contribution is -0.151. The van der Waals surface area contributed by atoms with Gasteiger partial charge in [0, 0.05) is 25.9 Å². The molecule has 1 N–H and O–H groups in total. The van der Waals surface area contributed by atoms with Crippen LogP contribution in [0.1, 0.15) is 206 Å². The van der Waals surface area contributed by atoms with Crippen LogP contribution in [0, 0.1) is 0 Å². The van der Waals surface area contributed by atoms with Crippen molar-refractivity contribution in [3.63, 3.8) is 0 Å². The van der Waals surface area contributed by atoms with Gasteiger partial charge in [-0.3, -0.25) is 9.59 Å². The first-order valence-corrected chi connectivity index (χ1v) is 23.2. The van der Waals surface area contributed by atoms with E-state index < -0.39 is 6.10 Å². The molecule has 0 aliphatic carbocycles. The SMILES string of the molecule is CCCCCCCC/C=C\CCCCCCCC(=O)OCC(COC(=O)CCCCCCC/C=C\CCCCCCCC)OC(=S)NCCN1CCCC1. The highest BCUT2D eigenvalue weighted by molar-refractivity contribution is 7.80. The first kappa shape index (κ1) is 50.1. The van der Waals surface area contributed by atoms with Gasteiger partial charge in [-0.1, -0.05) is 141 Å².